The first kappa shape index (κ1) is 8.48. The third-order valence-corrected chi connectivity index (χ3v) is 3.30. The lowest BCUT2D eigenvalue weighted by Crippen LogP contribution is -2.17. The fraction of sp³-hybridized carbons (Fsp3) is 0.727. The molecule has 1 aromatic rings. The van der Waals surface area contributed by atoms with E-state index in [0.717, 1.165) is 32.0 Å². The maximum absolute atomic E-state index is 4.68. The molecule has 0 aromatic carbocycles. The molecule has 2 aliphatic rings. The van der Waals surface area contributed by atoms with Crippen LogP contribution in [-0.4, -0.2) is 22.9 Å². The van der Waals surface area contributed by atoms with Crippen molar-refractivity contribution in [2.24, 2.45) is 0 Å². The minimum absolute atomic E-state index is 0.732. The molecule has 2 heterocycles. The standard InChI is InChI=1S/C11H17N3/c1-8-10-4-6-12-7-5-11(10)14(13-8)9-2-3-9/h9,12H,2-7H2,1H3. The van der Waals surface area contributed by atoms with E-state index in [4.69, 9.17) is 0 Å². The highest BCUT2D eigenvalue weighted by atomic mass is 15.3. The topological polar surface area (TPSA) is 29.9 Å². The zero-order valence-electron chi connectivity index (χ0n) is 8.71. The third kappa shape index (κ3) is 1.27. The van der Waals surface area contributed by atoms with Gasteiger partial charge < -0.3 is 5.32 Å². The lowest BCUT2D eigenvalue weighted by molar-refractivity contribution is 0.591. The minimum atomic E-state index is 0.732. The summed E-state index contributed by atoms with van der Waals surface area (Å²) < 4.78 is 2.30. The molecule has 3 rings (SSSR count). The molecule has 1 saturated carbocycles. The van der Waals surface area contributed by atoms with Crippen LogP contribution in [0.4, 0.5) is 0 Å². The van der Waals surface area contributed by atoms with Gasteiger partial charge in [0.1, 0.15) is 0 Å². The van der Waals surface area contributed by atoms with E-state index >= 15 is 0 Å². The van der Waals surface area contributed by atoms with Crippen LogP contribution in [0.15, 0.2) is 0 Å². The van der Waals surface area contributed by atoms with E-state index in [1.165, 1.54) is 29.8 Å². The average Bonchev–Trinajstić information content (AvgIpc) is 2.99. The molecule has 3 heteroatoms. The maximum Gasteiger partial charge on any atom is 0.0629 e. The Morgan fingerprint density at radius 3 is 2.86 bits per heavy atom. The van der Waals surface area contributed by atoms with E-state index in [-0.39, 0.29) is 0 Å². The summed E-state index contributed by atoms with van der Waals surface area (Å²) in [6.07, 6.45) is 4.99. The van der Waals surface area contributed by atoms with Gasteiger partial charge in [0, 0.05) is 18.7 Å². The van der Waals surface area contributed by atoms with E-state index in [9.17, 15) is 0 Å². The zero-order valence-corrected chi connectivity index (χ0v) is 8.71. The van der Waals surface area contributed by atoms with Gasteiger partial charge in [0.15, 0.2) is 0 Å². The smallest absolute Gasteiger partial charge is 0.0629 e. The van der Waals surface area contributed by atoms with Crippen molar-refractivity contribution in [2.45, 2.75) is 38.6 Å². The first-order valence-electron chi connectivity index (χ1n) is 5.64. The number of aryl methyl sites for hydroxylation is 1. The van der Waals surface area contributed by atoms with Crippen LogP contribution in [0.1, 0.15) is 35.8 Å². The van der Waals surface area contributed by atoms with Crippen molar-refractivity contribution in [2.75, 3.05) is 13.1 Å². The summed E-state index contributed by atoms with van der Waals surface area (Å²) in [7, 11) is 0. The fourth-order valence-corrected chi connectivity index (χ4v) is 2.39. The lowest BCUT2D eigenvalue weighted by Gasteiger charge is -2.04. The number of nitrogens with one attached hydrogen (secondary N) is 1. The second-order valence-electron chi connectivity index (χ2n) is 4.44. The van der Waals surface area contributed by atoms with E-state index in [0.29, 0.717) is 0 Å². The monoisotopic (exact) mass is 191 g/mol. The van der Waals surface area contributed by atoms with Gasteiger partial charge in [-0.1, -0.05) is 0 Å². The Morgan fingerprint density at radius 1 is 1.29 bits per heavy atom. The summed E-state index contributed by atoms with van der Waals surface area (Å²) >= 11 is 0. The van der Waals surface area contributed by atoms with Crippen LogP contribution in [0.25, 0.3) is 0 Å². The molecule has 0 bridgehead atoms. The van der Waals surface area contributed by atoms with Crippen LogP contribution < -0.4 is 5.32 Å². The Kier molecular flexibility index (Phi) is 1.87. The van der Waals surface area contributed by atoms with Gasteiger partial charge in [0.05, 0.1) is 11.7 Å². The quantitative estimate of drug-likeness (QED) is 0.723. The van der Waals surface area contributed by atoms with Crippen molar-refractivity contribution in [3.05, 3.63) is 17.0 Å². The lowest BCUT2D eigenvalue weighted by atomic mass is 10.1. The molecule has 0 unspecified atom stereocenters. The number of hydrogen-bond donors (Lipinski definition) is 1. The van der Waals surface area contributed by atoms with E-state index in [1.54, 1.807) is 0 Å². The van der Waals surface area contributed by atoms with Crippen LogP contribution in [0.5, 0.6) is 0 Å². The van der Waals surface area contributed by atoms with Gasteiger partial charge in [-0.05, 0) is 38.3 Å². The minimum Gasteiger partial charge on any atom is -0.316 e. The molecule has 0 spiro atoms. The first-order valence-corrected chi connectivity index (χ1v) is 5.64. The highest BCUT2D eigenvalue weighted by Gasteiger charge is 2.29. The van der Waals surface area contributed by atoms with Crippen molar-refractivity contribution in [1.29, 1.82) is 0 Å². The molecular weight excluding hydrogens is 174 g/mol. The van der Waals surface area contributed by atoms with Crippen LogP contribution in [-0.2, 0) is 12.8 Å². The Balaban J connectivity index is 2.04. The summed E-state index contributed by atoms with van der Waals surface area (Å²) in [4.78, 5) is 0. The largest absolute Gasteiger partial charge is 0.316 e. The number of hydrogen-bond acceptors (Lipinski definition) is 2. The van der Waals surface area contributed by atoms with Crippen molar-refractivity contribution in [3.8, 4) is 0 Å². The molecule has 0 amide bonds. The Morgan fingerprint density at radius 2 is 2.07 bits per heavy atom. The summed E-state index contributed by atoms with van der Waals surface area (Å²) in [6.45, 7) is 4.39. The van der Waals surface area contributed by atoms with Crippen LogP contribution >= 0.6 is 0 Å². The Labute approximate surface area is 84.5 Å². The Bertz CT molecular complexity index is 350. The second-order valence-corrected chi connectivity index (χ2v) is 4.44. The van der Waals surface area contributed by atoms with E-state index in [2.05, 4.69) is 22.0 Å². The van der Waals surface area contributed by atoms with Gasteiger partial charge >= 0.3 is 0 Å². The fourth-order valence-electron chi connectivity index (χ4n) is 2.39. The molecule has 0 atom stereocenters. The number of nitrogens with zero attached hydrogens (tertiary/aromatic N) is 2. The van der Waals surface area contributed by atoms with E-state index in [1.807, 2.05) is 0 Å². The molecule has 1 fully saturated rings. The van der Waals surface area contributed by atoms with Gasteiger partial charge in [-0.2, -0.15) is 5.10 Å². The van der Waals surface area contributed by atoms with Gasteiger partial charge in [-0.15, -0.1) is 0 Å². The molecule has 1 aliphatic heterocycles. The molecule has 0 radical (unpaired) electrons. The van der Waals surface area contributed by atoms with Crippen molar-refractivity contribution in [3.63, 3.8) is 0 Å². The molecule has 3 nitrogen and oxygen atoms in total. The van der Waals surface area contributed by atoms with Crippen molar-refractivity contribution >= 4 is 0 Å². The van der Waals surface area contributed by atoms with Gasteiger partial charge in [-0.3, -0.25) is 4.68 Å². The molecule has 14 heavy (non-hydrogen) atoms. The van der Waals surface area contributed by atoms with Crippen LogP contribution in [0.3, 0.4) is 0 Å². The maximum atomic E-state index is 4.68. The van der Waals surface area contributed by atoms with Crippen molar-refractivity contribution in [1.82, 2.24) is 15.1 Å². The number of fused-ring (bicyclic) bond motifs is 1. The predicted molar refractivity (Wildman–Crippen MR) is 55.5 cm³/mol. The highest BCUT2D eigenvalue weighted by Crippen LogP contribution is 2.37. The van der Waals surface area contributed by atoms with E-state index < -0.39 is 0 Å². The average molecular weight is 191 g/mol. The van der Waals surface area contributed by atoms with Crippen LogP contribution in [0, 0.1) is 6.92 Å². The molecule has 0 saturated heterocycles. The normalized spacial score (nSPS) is 21.8. The number of rotatable bonds is 1. The summed E-state index contributed by atoms with van der Waals surface area (Å²) in [5, 5.41) is 8.14. The predicted octanol–water partition coefficient (Wildman–Crippen LogP) is 1.21. The molecule has 1 N–H and O–H groups in total. The van der Waals surface area contributed by atoms with Crippen LogP contribution in [0.2, 0.25) is 0 Å². The summed E-state index contributed by atoms with van der Waals surface area (Å²) in [5.41, 5.74) is 4.28. The van der Waals surface area contributed by atoms with Gasteiger partial charge in [0.2, 0.25) is 0 Å². The van der Waals surface area contributed by atoms with Crippen molar-refractivity contribution < 1.29 is 0 Å². The SMILES string of the molecule is Cc1nn(C2CC2)c2c1CCNCC2. The molecular formula is C11H17N3. The highest BCUT2D eigenvalue weighted by molar-refractivity contribution is 5.28. The Hall–Kier alpha value is -0.830. The van der Waals surface area contributed by atoms with Gasteiger partial charge in [0.25, 0.3) is 0 Å². The first-order chi connectivity index (χ1) is 6.86. The molecule has 1 aromatic heterocycles. The third-order valence-electron chi connectivity index (χ3n) is 3.30. The number of aromatic nitrogens is 2. The molecule has 1 aliphatic carbocycles. The summed E-state index contributed by atoms with van der Waals surface area (Å²) in [5.74, 6) is 0. The second kappa shape index (κ2) is 3.09. The summed E-state index contributed by atoms with van der Waals surface area (Å²) in [6, 6.07) is 0.732. The molecule has 76 valence electrons. The zero-order chi connectivity index (χ0) is 9.54. The van der Waals surface area contributed by atoms with Gasteiger partial charge in [-0.25, -0.2) is 0 Å².